The number of ether oxygens (including phenoxy) is 2. The zero-order valence-corrected chi connectivity index (χ0v) is 9.43. The molecule has 0 aromatic carbocycles. The van der Waals surface area contributed by atoms with Crippen molar-refractivity contribution in [1.82, 2.24) is 10.2 Å². The molecule has 2 rings (SSSR count). The average Bonchev–Trinajstić information content (AvgIpc) is 2.79. The lowest BCUT2D eigenvalue weighted by atomic mass is 10.3. The second-order valence-corrected chi connectivity index (χ2v) is 3.41. The normalized spacial score (nSPS) is 14.5. The van der Waals surface area contributed by atoms with Gasteiger partial charge in [-0.2, -0.15) is 0 Å². The van der Waals surface area contributed by atoms with E-state index in [2.05, 4.69) is 15.5 Å². The van der Waals surface area contributed by atoms with E-state index in [4.69, 9.17) is 13.9 Å². The monoisotopic (exact) mass is 239 g/mol. The highest BCUT2D eigenvalue weighted by atomic mass is 16.6. The number of amides is 1. The van der Waals surface area contributed by atoms with Crippen LogP contribution in [0.15, 0.2) is 10.7 Å². The van der Waals surface area contributed by atoms with Gasteiger partial charge in [0.1, 0.15) is 19.5 Å². The maximum Gasteiger partial charge on any atom is 0.322 e. The van der Waals surface area contributed by atoms with Crippen molar-refractivity contribution in [2.45, 2.75) is 19.8 Å². The summed E-state index contributed by atoms with van der Waals surface area (Å²) in [6, 6.07) is 0.0634. The Balaban J connectivity index is 2.00. The summed E-state index contributed by atoms with van der Waals surface area (Å²) in [7, 11) is 0. The molecule has 0 aliphatic carbocycles. The number of carbonyl (C=O) groups is 1. The quantitative estimate of drug-likeness (QED) is 0.848. The zero-order chi connectivity index (χ0) is 12.1. The molecular formula is C10H13N3O4. The Morgan fingerprint density at radius 3 is 3.06 bits per heavy atom. The summed E-state index contributed by atoms with van der Waals surface area (Å²) in [5.41, 5.74) is 0. The predicted molar refractivity (Wildman–Crippen MR) is 57.7 cm³/mol. The lowest BCUT2D eigenvalue weighted by Gasteiger charge is -2.11. The van der Waals surface area contributed by atoms with Gasteiger partial charge >= 0.3 is 6.01 Å². The van der Waals surface area contributed by atoms with Crippen molar-refractivity contribution >= 4 is 17.7 Å². The van der Waals surface area contributed by atoms with Gasteiger partial charge in [-0.3, -0.25) is 10.1 Å². The highest BCUT2D eigenvalue weighted by molar-refractivity contribution is 5.88. The lowest BCUT2D eigenvalue weighted by Crippen LogP contribution is -2.10. The number of hydrogen-bond donors (Lipinski definition) is 1. The van der Waals surface area contributed by atoms with E-state index in [1.807, 2.05) is 6.92 Å². The van der Waals surface area contributed by atoms with Crippen molar-refractivity contribution in [3.8, 4) is 0 Å². The summed E-state index contributed by atoms with van der Waals surface area (Å²) in [6.45, 7) is 2.85. The zero-order valence-electron chi connectivity index (χ0n) is 9.43. The molecule has 92 valence electrons. The third kappa shape index (κ3) is 2.96. The van der Waals surface area contributed by atoms with Crippen LogP contribution in [0.3, 0.4) is 0 Å². The number of nitrogens with zero attached hydrogens (tertiary/aromatic N) is 2. The molecular weight excluding hydrogens is 226 g/mol. The van der Waals surface area contributed by atoms with Crippen molar-refractivity contribution in [3.05, 3.63) is 12.2 Å². The molecule has 7 nitrogen and oxygen atoms in total. The van der Waals surface area contributed by atoms with Crippen LogP contribution < -0.4 is 5.32 Å². The van der Waals surface area contributed by atoms with Crippen LogP contribution in [0.25, 0.3) is 5.76 Å². The Morgan fingerprint density at radius 1 is 1.47 bits per heavy atom. The SMILES string of the molecule is CCCC(=O)Nc1nnc(C2=COCCO2)o1. The van der Waals surface area contributed by atoms with Crippen LogP contribution in [-0.4, -0.2) is 29.3 Å². The fraction of sp³-hybridized carbons (Fsp3) is 0.500. The molecule has 0 saturated heterocycles. The minimum absolute atomic E-state index is 0.0634. The van der Waals surface area contributed by atoms with Gasteiger partial charge < -0.3 is 13.9 Å². The van der Waals surface area contributed by atoms with Crippen molar-refractivity contribution < 1.29 is 18.7 Å². The van der Waals surface area contributed by atoms with E-state index in [1.54, 1.807) is 0 Å². The first-order valence-corrected chi connectivity index (χ1v) is 5.38. The van der Waals surface area contributed by atoms with Gasteiger partial charge in [0.05, 0.1) is 0 Å². The summed E-state index contributed by atoms with van der Waals surface area (Å²) < 4.78 is 15.5. The molecule has 0 spiro atoms. The Kier molecular flexibility index (Phi) is 3.59. The molecule has 1 aliphatic rings. The maximum atomic E-state index is 11.3. The minimum atomic E-state index is -0.155. The van der Waals surface area contributed by atoms with E-state index in [1.165, 1.54) is 6.26 Å². The molecule has 0 atom stereocenters. The minimum Gasteiger partial charge on any atom is -0.494 e. The van der Waals surface area contributed by atoms with E-state index in [0.717, 1.165) is 6.42 Å². The molecule has 1 amide bonds. The number of anilines is 1. The first kappa shape index (κ1) is 11.4. The van der Waals surface area contributed by atoms with Gasteiger partial charge in [-0.05, 0) is 6.42 Å². The molecule has 17 heavy (non-hydrogen) atoms. The summed E-state index contributed by atoms with van der Waals surface area (Å²) in [6.07, 6.45) is 2.59. The number of aromatic nitrogens is 2. The Morgan fingerprint density at radius 2 is 2.35 bits per heavy atom. The number of nitrogens with one attached hydrogen (secondary N) is 1. The number of rotatable bonds is 4. The molecule has 0 radical (unpaired) electrons. The molecule has 0 bridgehead atoms. The summed E-state index contributed by atoms with van der Waals surface area (Å²) in [4.78, 5) is 11.3. The molecule has 1 aromatic rings. The average molecular weight is 239 g/mol. The van der Waals surface area contributed by atoms with Gasteiger partial charge in [-0.25, -0.2) is 0 Å². The van der Waals surface area contributed by atoms with Crippen molar-refractivity contribution in [2.75, 3.05) is 18.5 Å². The van der Waals surface area contributed by atoms with Crippen molar-refractivity contribution in [3.63, 3.8) is 0 Å². The van der Waals surface area contributed by atoms with Crippen LogP contribution in [0.5, 0.6) is 0 Å². The highest BCUT2D eigenvalue weighted by Crippen LogP contribution is 2.19. The summed E-state index contributed by atoms with van der Waals surface area (Å²) >= 11 is 0. The third-order valence-electron chi connectivity index (χ3n) is 2.01. The van der Waals surface area contributed by atoms with Crippen LogP contribution >= 0.6 is 0 Å². The fourth-order valence-electron chi connectivity index (χ4n) is 1.26. The molecule has 7 heteroatoms. The van der Waals surface area contributed by atoms with Gasteiger partial charge in [0.25, 0.3) is 5.89 Å². The molecule has 0 fully saturated rings. The summed E-state index contributed by atoms with van der Waals surface area (Å²) in [5.74, 6) is 0.411. The van der Waals surface area contributed by atoms with Crippen LogP contribution in [-0.2, 0) is 14.3 Å². The second-order valence-electron chi connectivity index (χ2n) is 3.41. The lowest BCUT2D eigenvalue weighted by molar-refractivity contribution is -0.116. The van der Waals surface area contributed by atoms with E-state index in [9.17, 15) is 4.79 Å². The number of carbonyl (C=O) groups excluding carboxylic acids is 1. The Hall–Kier alpha value is -2.05. The van der Waals surface area contributed by atoms with E-state index in [0.29, 0.717) is 25.4 Å². The molecule has 1 N–H and O–H groups in total. The van der Waals surface area contributed by atoms with Crippen LogP contribution in [0.2, 0.25) is 0 Å². The maximum absolute atomic E-state index is 11.3. The molecule has 0 saturated carbocycles. The first-order chi connectivity index (χ1) is 8.29. The fourth-order valence-corrected chi connectivity index (χ4v) is 1.26. The number of hydrogen-bond acceptors (Lipinski definition) is 6. The van der Waals surface area contributed by atoms with E-state index < -0.39 is 0 Å². The van der Waals surface area contributed by atoms with Gasteiger partial charge in [-0.1, -0.05) is 12.0 Å². The predicted octanol–water partition coefficient (Wildman–Crippen LogP) is 1.15. The Bertz CT molecular complexity index is 427. The standard InChI is InChI=1S/C10H13N3O4/c1-2-3-8(14)11-10-13-12-9(17-10)7-6-15-4-5-16-7/h6H,2-5H2,1H3,(H,11,13,14). The third-order valence-corrected chi connectivity index (χ3v) is 2.01. The van der Waals surface area contributed by atoms with Gasteiger partial charge in [0.15, 0.2) is 0 Å². The Labute approximate surface area is 97.8 Å². The van der Waals surface area contributed by atoms with Gasteiger partial charge in [0.2, 0.25) is 11.7 Å². The first-order valence-electron chi connectivity index (χ1n) is 5.38. The molecule has 0 unspecified atom stereocenters. The van der Waals surface area contributed by atoms with E-state index in [-0.39, 0.29) is 17.8 Å². The largest absolute Gasteiger partial charge is 0.494 e. The summed E-state index contributed by atoms with van der Waals surface area (Å²) in [5, 5.41) is 9.94. The van der Waals surface area contributed by atoms with E-state index >= 15 is 0 Å². The van der Waals surface area contributed by atoms with Crippen molar-refractivity contribution in [2.24, 2.45) is 0 Å². The second kappa shape index (κ2) is 5.33. The topological polar surface area (TPSA) is 86.5 Å². The van der Waals surface area contributed by atoms with Gasteiger partial charge in [0, 0.05) is 6.42 Å². The van der Waals surface area contributed by atoms with Crippen LogP contribution in [0.4, 0.5) is 6.01 Å². The smallest absolute Gasteiger partial charge is 0.322 e. The van der Waals surface area contributed by atoms with Crippen molar-refractivity contribution in [1.29, 1.82) is 0 Å². The molecule has 2 heterocycles. The van der Waals surface area contributed by atoms with Gasteiger partial charge in [-0.15, -0.1) is 5.10 Å². The molecule has 1 aromatic heterocycles. The highest BCUT2D eigenvalue weighted by Gasteiger charge is 2.16. The van der Waals surface area contributed by atoms with Crippen LogP contribution in [0.1, 0.15) is 25.7 Å². The van der Waals surface area contributed by atoms with Crippen LogP contribution in [0, 0.1) is 0 Å². The molecule has 1 aliphatic heterocycles.